The Hall–Kier alpha value is -1.17. The van der Waals surface area contributed by atoms with Crippen LogP contribution in [-0.4, -0.2) is 23.0 Å². The normalized spacial score (nSPS) is 16.2. The molecular formula is C10H12BrN3O2. The molecule has 0 spiro atoms. The molecule has 1 aliphatic heterocycles. The van der Waals surface area contributed by atoms with Gasteiger partial charge in [0.25, 0.3) is 0 Å². The lowest BCUT2D eigenvalue weighted by atomic mass is 10.1. The molecule has 0 amide bonds. The van der Waals surface area contributed by atoms with E-state index in [1.165, 1.54) is 6.42 Å². The molecule has 5 nitrogen and oxygen atoms in total. The molecule has 0 saturated carbocycles. The zero-order valence-corrected chi connectivity index (χ0v) is 10.3. The fraction of sp³-hybridized carbons (Fsp3) is 0.500. The number of nitro groups is 1. The number of halogens is 1. The Morgan fingerprint density at radius 1 is 1.38 bits per heavy atom. The lowest BCUT2D eigenvalue weighted by molar-refractivity contribution is -0.385. The molecule has 0 N–H and O–H groups in total. The summed E-state index contributed by atoms with van der Waals surface area (Å²) in [4.78, 5) is 16.6. The maximum atomic E-state index is 11.0. The summed E-state index contributed by atoms with van der Waals surface area (Å²) in [6, 6.07) is 1.72. The highest BCUT2D eigenvalue weighted by atomic mass is 79.9. The van der Waals surface area contributed by atoms with Crippen molar-refractivity contribution >= 4 is 27.3 Å². The molecule has 6 heteroatoms. The lowest BCUT2D eigenvalue weighted by Gasteiger charge is -2.28. The molecular weight excluding hydrogens is 274 g/mol. The third kappa shape index (κ3) is 2.16. The summed E-state index contributed by atoms with van der Waals surface area (Å²) in [5, 5.41) is 11.0. The average Bonchev–Trinajstić information content (AvgIpc) is 2.29. The quantitative estimate of drug-likeness (QED) is 0.476. The van der Waals surface area contributed by atoms with Crippen LogP contribution in [0.5, 0.6) is 0 Å². The van der Waals surface area contributed by atoms with Gasteiger partial charge in [-0.1, -0.05) is 0 Å². The Morgan fingerprint density at radius 3 is 2.69 bits per heavy atom. The zero-order chi connectivity index (χ0) is 11.5. The summed E-state index contributed by atoms with van der Waals surface area (Å²) >= 11 is 3.13. The smallest absolute Gasteiger partial charge is 0.324 e. The standard InChI is InChI=1S/C10H12BrN3O2/c11-10-9(14(15)16)8(4-5-12-10)13-6-2-1-3-7-13/h4-5H,1-3,6-7H2. The van der Waals surface area contributed by atoms with Gasteiger partial charge in [-0.3, -0.25) is 10.1 Å². The van der Waals surface area contributed by atoms with E-state index in [0.717, 1.165) is 25.9 Å². The Kier molecular flexibility index (Phi) is 3.38. The van der Waals surface area contributed by atoms with Crippen molar-refractivity contribution in [1.29, 1.82) is 0 Å². The van der Waals surface area contributed by atoms with E-state index in [4.69, 9.17) is 0 Å². The molecule has 2 rings (SSSR count). The molecule has 1 aromatic rings. The van der Waals surface area contributed by atoms with Crippen LogP contribution in [0.15, 0.2) is 16.9 Å². The number of hydrogen-bond acceptors (Lipinski definition) is 4. The third-order valence-corrected chi connectivity index (χ3v) is 3.32. The zero-order valence-electron chi connectivity index (χ0n) is 8.73. The predicted molar refractivity (Wildman–Crippen MR) is 64.7 cm³/mol. The molecule has 1 fully saturated rings. The minimum atomic E-state index is -0.374. The van der Waals surface area contributed by atoms with Crippen LogP contribution in [0.4, 0.5) is 11.4 Å². The van der Waals surface area contributed by atoms with Crippen molar-refractivity contribution in [3.8, 4) is 0 Å². The van der Waals surface area contributed by atoms with Gasteiger partial charge in [0.1, 0.15) is 5.69 Å². The summed E-state index contributed by atoms with van der Waals surface area (Å²) in [5.74, 6) is 0. The second-order valence-corrected chi connectivity index (χ2v) is 4.53. The molecule has 86 valence electrons. The molecule has 1 aromatic heterocycles. The van der Waals surface area contributed by atoms with Gasteiger partial charge in [0.05, 0.1) is 4.92 Å². The Labute approximate surface area is 102 Å². The Balaban J connectivity index is 2.38. The maximum absolute atomic E-state index is 11.0. The van der Waals surface area contributed by atoms with Crippen LogP contribution < -0.4 is 4.90 Å². The Bertz CT molecular complexity index is 405. The highest BCUT2D eigenvalue weighted by molar-refractivity contribution is 9.10. The lowest BCUT2D eigenvalue weighted by Crippen LogP contribution is -2.30. The Morgan fingerprint density at radius 2 is 2.06 bits per heavy atom. The minimum Gasteiger partial charge on any atom is -0.366 e. The fourth-order valence-corrected chi connectivity index (χ4v) is 2.44. The number of rotatable bonds is 2. The van der Waals surface area contributed by atoms with Crippen molar-refractivity contribution in [3.05, 3.63) is 27.0 Å². The van der Waals surface area contributed by atoms with Gasteiger partial charge in [-0.05, 0) is 41.3 Å². The van der Waals surface area contributed by atoms with Gasteiger partial charge in [-0.25, -0.2) is 4.98 Å². The molecule has 2 heterocycles. The molecule has 0 bridgehead atoms. The molecule has 0 radical (unpaired) electrons. The van der Waals surface area contributed by atoms with E-state index in [1.54, 1.807) is 12.3 Å². The number of anilines is 1. The summed E-state index contributed by atoms with van der Waals surface area (Å²) in [6.07, 6.45) is 4.99. The number of pyridine rings is 1. The highest BCUT2D eigenvalue weighted by Gasteiger charge is 2.24. The van der Waals surface area contributed by atoms with E-state index in [1.807, 2.05) is 0 Å². The van der Waals surface area contributed by atoms with Gasteiger partial charge in [0, 0.05) is 19.3 Å². The SMILES string of the molecule is O=[N+]([O-])c1c(N2CCCCC2)ccnc1Br. The van der Waals surface area contributed by atoms with Crippen LogP contribution in [0, 0.1) is 10.1 Å². The van der Waals surface area contributed by atoms with Gasteiger partial charge < -0.3 is 4.90 Å². The molecule has 16 heavy (non-hydrogen) atoms. The van der Waals surface area contributed by atoms with Crippen LogP contribution in [0.1, 0.15) is 19.3 Å². The predicted octanol–water partition coefficient (Wildman–Crippen LogP) is 2.74. The first-order chi connectivity index (χ1) is 7.70. The van der Waals surface area contributed by atoms with Crippen molar-refractivity contribution in [1.82, 2.24) is 4.98 Å². The largest absolute Gasteiger partial charge is 0.366 e. The summed E-state index contributed by atoms with van der Waals surface area (Å²) in [6.45, 7) is 1.77. The van der Waals surface area contributed by atoms with E-state index in [2.05, 4.69) is 25.8 Å². The van der Waals surface area contributed by atoms with Gasteiger partial charge in [-0.15, -0.1) is 0 Å². The first-order valence-corrected chi connectivity index (χ1v) is 6.03. The molecule has 0 aromatic carbocycles. The van der Waals surface area contributed by atoms with E-state index < -0.39 is 0 Å². The summed E-state index contributed by atoms with van der Waals surface area (Å²) in [7, 11) is 0. The van der Waals surface area contributed by atoms with Crippen molar-refractivity contribution in [2.24, 2.45) is 0 Å². The van der Waals surface area contributed by atoms with Crippen molar-refractivity contribution in [2.45, 2.75) is 19.3 Å². The number of aromatic nitrogens is 1. The molecule has 1 aliphatic rings. The highest BCUT2D eigenvalue weighted by Crippen LogP contribution is 2.34. The third-order valence-electron chi connectivity index (χ3n) is 2.74. The van der Waals surface area contributed by atoms with E-state index in [0.29, 0.717) is 10.3 Å². The summed E-state index contributed by atoms with van der Waals surface area (Å²) in [5.41, 5.74) is 0.746. The number of nitrogens with zero attached hydrogens (tertiary/aromatic N) is 3. The molecule has 0 atom stereocenters. The van der Waals surface area contributed by atoms with Gasteiger partial charge in [0.15, 0.2) is 4.60 Å². The van der Waals surface area contributed by atoms with Crippen molar-refractivity contribution in [3.63, 3.8) is 0 Å². The molecule has 0 unspecified atom stereocenters. The van der Waals surface area contributed by atoms with Crippen LogP contribution >= 0.6 is 15.9 Å². The monoisotopic (exact) mass is 285 g/mol. The first kappa shape index (κ1) is 11.3. The molecule has 1 saturated heterocycles. The van der Waals surface area contributed by atoms with Crippen LogP contribution in [0.25, 0.3) is 0 Å². The van der Waals surface area contributed by atoms with Crippen LogP contribution in [0.3, 0.4) is 0 Å². The van der Waals surface area contributed by atoms with Gasteiger partial charge in [0.2, 0.25) is 0 Å². The van der Waals surface area contributed by atoms with Crippen LogP contribution in [0.2, 0.25) is 0 Å². The number of hydrogen-bond donors (Lipinski definition) is 0. The summed E-state index contributed by atoms with van der Waals surface area (Å²) < 4.78 is 0.306. The second kappa shape index (κ2) is 4.78. The van der Waals surface area contributed by atoms with E-state index in [9.17, 15) is 10.1 Å². The van der Waals surface area contributed by atoms with E-state index in [-0.39, 0.29) is 10.6 Å². The average molecular weight is 286 g/mol. The minimum absolute atomic E-state index is 0.0735. The van der Waals surface area contributed by atoms with Gasteiger partial charge >= 0.3 is 5.69 Å². The molecule has 0 aliphatic carbocycles. The maximum Gasteiger partial charge on any atom is 0.324 e. The van der Waals surface area contributed by atoms with Gasteiger partial charge in [-0.2, -0.15) is 0 Å². The number of piperidine rings is 1. The van der Waals surface area contributed by atoms with Crippen molar-refractivity contribution < 1.29 is 4.92 Å². The van der Waals surface area contributed by atoms with Crippen LogP contribution in [-0.2, 0) is 0 Å². The topological polar surface area (TPSA) is 59.3 Å². The van der Waals surface area contributed by atoms with E-state index >= 15 is 0 Å². The fourth-order valence-electron chi connectivity index (χ4n) is 1.98. The van der Waals surface area contributed by atoms with Crippen molar-refractivity contribution in [2.75, 3.05) is 18.0 Å². The first-order valence-electron chi connectivity index (χ1n) is 5.24. The second-order valence-electron chi connectivity index (χ2n) is 3.77.